The standard InChI is InChI=1S/C12H14BrN3S/c1-8-15-6-5-10(16-8)11(14-2)7-9-3-4-12(13)17-9/h3-6,11,14H,7H2,1-2H3. The van der Waals surface area contributed by atoms with Crippen molar-refractivity contribution in [2.45, 2.75) is 19.4 Å². The molecule has 0 aliphatic rings. The average Bonchev–Trinajstić information content (AvgIpc) is 2.72. The van der Waals surface area contributed by atoms with Crippen molar-refractivity contribution in [3.63, 3.8) is 0 Å². The van der Waals surface area contributed by atoms with Gasteiger partial charge in [0.05, 0.1) is 15.5 Å². The van der Waals surface area contributed by atoms with Crippen molar-refractivity contribution in [3.05, 3.63) is 44.6 Å². The van der Waals surface area contributed by atoms with Crippen molar-refractivity contribution in [1.82, 2.24) is 15.3 Å². The first-order valence-corrected chi connectivity index (χ1v) is 7.01. The zero-order chi connectivity index (χ0) is 12.3. The van der Waals surface area contributed by atoms with Gasteiger partial charge in [0.25, 0.3) is 0 Å². The van der Waals surface area contributed by atoms with Crippen LogP contribution in [-0.4, -0.2) is 17.0 Å². The number of nitrogens with zero attached hydrogens (tertiary/aromatic N) is 2. The predicted molar refractivity (Wildman–Crippen MR) is 74.3 cm³/mol. The summed E-state index contributed by atoms with van der Waals surface area (Å²) in [6.07, 6.45) is 2.76. The van der Waals surface area contributed by atoms with E-state index in [4.69, 9.17) is 0 Å². The van der Waals surface area contributed by atoms with Crippen LogP contribution in [0, 0.1) is 6.92 Å². The number of hydrogen-bond acceptors (Lipinski definition) is 4. The second-order valence-corrected chi connectivity index (χ2v) is 6.33. The molecule has 2 heterocycles. The summed E-state index contributed by atoms with van der Waals surface area (Å²) in [5, 5.41) is 3.30. The summed E-state index contributed by atoms with van der Waals surface area (Å²) >= 11 is 5.25. The minimum absolute atomic E-state index is 0.238. The average molecular weight is 312 g/mol. The molecule has 1 atom stereocenters. The molecule has 0 radical (unpaired) electrons. The van der Waals surface area contributed by atoms with E-state index in [0.717, 1.165) is 17.9 Å². The second kappa shape index (κ2) is 5.71. The van der Waals surface area contributed by atoms with E-state index >= 15 is 0 Å². The number of thiophene rings is 1. The van der Waals surface area contributed by atoms with Crippen molar-refractivity contribution >= 4 is 27.3 Å². The van der Waals surface area contributed by atoms with Crippen LogP contribution in [0.1, 0.15) is 22.4 Å². The minimum atomic E-state index is 0.238. The highest BCUT2D eigenvalue weighted by Gasteiger charge is 2.13. The van der Waals surface area contributed by atoms with E-state index in [1.54, 1.807) is 11.3 Å². The topological polar surface area (TPSA) is 37.8 Å². The number of nitrogens with one attached hydrogen (secondary N) is 1. The van der Waals surface area contributed by atoms with Crippen molar-refractivity contribution < 1.29 is 0 Å². The Morgan fingerprint density at radius 2 is 2.24 bits per heavy atom. The lowest BCUT2D eigenvalue weighted by Gasteiger charge is -2.14. The fraction of sp³-hybridized carbons (Fsp3) is 0.333. The second-order valence-electron chi connectivity index (χ2n) is 3.78. The lowest BCUT2D eigenvalue weighted by Crippen LogP contribution is -2.20. The number of likely N-dealkylation sites (N-methyl/N-ethyl adjacent to an activating group) is 1. The van der Waals surface area contributed by atoms with E-state index in [9.17, 15) is 0 Å². The molecule has 0 amide bonds. The van der Waals surface area contributed by atoms with Crippen LogP contribution in [-0.2, 0) is 6.42 Å². The Kier molecular flexibility index (Phi) is 4.25. The number of aryl methyl sites for hydroxylation is 1. The Labute approximate surface area is 113 Å². The molecule has 2 rings (SSSR count). The first kappa shape index (κ1) is 12.7. The smallest absolute Gasteiger partial charge is 0.125 e. The third kappa shape index (κ3) is 3.34. The molecule has 0 aliphatic heterocycles. The minimum Gasteiger partial charge on any atom is -0.311 e. The van der Waals surface area contributed by atoms with E-state index in [1.165, 1.54) is 8.66 Å². The SMILES string of the molecule is CNC(Cc1ccc(Br)s1)c1ccnc(C)n1. The Balaban J connectivity index is 2.16. The summed E-state index contributed by atoms with van der Waals surface area (Å²) in [6.45, 7) is 1.91. The molecule has 1 unspecified atom stereocenters. The molecule has 0 fully saturated rings. The zero-order valence-corrected chi connectivity index (χ0v) is 12.2. The van der Waals surface area contributed by atoms with E-state index in [0.29, 0.717) is 0 Å². The lowest BCUT2D eigenvalue weighted by atomic mass is 10.1. The zero-order valence-electron chi connectivity index (χ0n) is 9.77. The molecule has 0 aliphatic carbocycles. The van der Waals surface area contributed by atoms with Crippen molar-refractivity contribution in [2.75, 3.05) is 7.05 Å². The van der Waals surface area contributed by atoms with Crippen LogP contribution in [0.15, 0.2) is 28.2 Å². The number of hydrogen-bond donors (Lipinski definition) is 1. The van der Waals surface area contributed by atoms with Gasteiger partial charge in [-0.2, -0.15) is 0 Å². The first-order chi connectivity index (χ1) is 8.19. The molecule has 2 aromatic rings. The van der Waals surface area contributed by atoms with Gasteiger partial charge < -0.3 is 5.32 Å². The third-order valence-electron chi connectivity index (χ3n) is 2.54. The lowest BCUT2D eigenvalue weighted by molar-refractivity contribution is 0.576. The predicted octanol–water partition coefficient (Wildman–Crippen LogP) is 3.11. The Morgan fingerprint density at radius 3 is 2.82 bits per heavy atom. The summed E-state index contributed by atoms with van der Waals surface area (Å²) in [5.41, 5.74) is 1.05. The van der Waals surface area contributed by atoms with Crippen LogP contribution in [0.3, 0.4) is 0 Å². The maximum Gasteiger partial charge on any atom is 0.125 e. The molecule has 5 heteroatoms. The van der Waals surface area contributed by atoms with Gasteiger partial charge in [0.1, 0.15) is 5.82 Å². The van der Waals surface area contributed by atoms with Gasteiger partial charge in [-0.15, -0.1) is 11.3 Å². The molecule has 90 valence electrons. The molecule has 2 aromatic heterocycles. The van der Waals surface area contributed by atoms with Gasteiger partial charge in [-0.25, -0.2) is 9.97 Å². The molecule has 0 bridgehead atoms. The highest BCUT2D eigenvalue weighted by Crippen LogP contribution is 2.26. The first-order valence-electron chi connectivity index (χ1n) is 5.40. The molecule has 0 saturated carbocycles. The molecule has 1 N–H and O–H groups in total. The van der Waals surface area contributed by atoms with Crippen LogP contribution in [0.4, 0.5) is 0 Å². The summed E-state index contributed by atoms with van der Waals surface area (Å²) in [4.78, 5) is 9.93. The Bertz CT molecular complexity index is 498. The van der Waals surface area contributed by atoms with Gasteiger partial charge >= 0.3 is 0 Å². The van der Waals surface area contributed by atoms with Gasteiger partial charge in [0, 0.05) is 17.5 Å². The Morgan fingerprint density at radius 1 is 1.41 bits per heavy atom. The van der Waals surface area contributed by atoms with E-state index in [1.807, 2.05) is 26.2 Å². The van der Waals surface area contributed by atoms with E-state index < -0.39 is 0 Å². The highest BCUT2D eigenvalue weighted by molar-refractivity contribution is 9.11. The third-order valence-corrected chi connectivity index (χ3v) is 4.18. The highest BCUT2D eigenvalue weighted by atomic mass is 79.9. The van der Waals surface area contributed by atoms with E-state index in [2.05, 4.69) is 43.3 Å². The van der Waals surface area contributed by atoms with Gasteiger partial charge in [0.15, 0.2) is 0 Å². The van der Waals surface area contributed by atoms with Gasteiger partial charge in [-0.1, -0.05) is 0 Å². The molecule has 0 aromatic carbocycles. The summed E-state index contributed by atoms with van der Waals surface area (Å²) in [5.74, 6) is 0.815. The van der Waals surface area contributed by atoms with Gasteiger partial charge in [0.2, 0.25) is 0 Å². The largest absolute Gasteiger partial charge is 0.311 e. The van der Waals surface area contributed by atoms with Crippen LogP contribution in [0.25, 0.3) is 0 Å². The van der Waals surface area contributed by atoms with Crippen LogP contribution < -0.4 is 5.32 Å². The van der Waals surface area contributed by atoms with Crippen molar-refractivity contribution in [3.8, 4) is 0 Å². The number of aromatic nitrogens is 2. The van der Waals surface area contributed by atoms with Gasteiger partial charge in [-0.05, 0) is 48.1 Å². The van der Waals surface area contributed by atoms with Crippen LogP contribution >= 0.6 is 27.3 Å². The molecular formula is C12H14BrN3S. The fourth-order valence-corrected chi connectivity index (χ4v) is 3.21. The Hall–Kier alpha value is -0.780. The monoisotopic (exact) mass is 311 g/mol. The van der Waals surface area contributed by atoms with Crippen molar-refractivity contribution in [1.29, 1.82) is 0 Å². The molecular weight excluding hydrogens is 298 g/mol. The summed E-state index contributed by atoms with van der Waals surface area (Å²) in [7, 11) is 1.96. The number of halogens is 1. The number of rotatable bonds is 4. The molecule has 0 spiro atoms. The maximum atomic E-state index is 4.47. The van der Waals surface area contributed by atoms with Gasteiger partial charge in [-0.3, -0.25) is 0 Å². The maximum absolute atomic E-state index is 4.47. The van der Waals surface area contributed by atoms with Crippen LogP contribution in [0.5, 0.6) is 0 Å². The fourth-order valence-electron chi connectivity index (χ4n) is 1.69. The molecule has 17 heavy (non-hydrogen) atoms. The van der Waals surface area contributed by atoms with Crippen molar-refractivity contribution in [2.24, 2.45) is 0 Å². The summed E-state index contributed by atoms with van der Waals surface area (Å²) < 4.78 is 1.17. The van der Waals surface area contributed by atoms with E-state index in [-0.39, 0.29) is 6.04 Å². The quantitative estimate of drug-likeness (QED) is 0.942. The molecule has 0 saturated heterocycles. The summed E-state index contributed by atoms with van der Waals surface area (Å²) in [6, 6.07) is 6.43. The van der Waals surface area contributed by atoms with Crippen LogP contribution in [0.2, 0.25) is 0 Å². The normalized spacial score (nSPS) is 12.6. The molecule has 3 nitrogen and oxygen atoms in total.